The van der Waals surface area contributed by atoms with Gasteiger partial charge in [0.1, 0.15) is 11.8 Å². The standard InChI is InChI=1S/C13H14N2OS/c1-9(2)16-12-4-3-10(7-11(12)8-14)13-15-5-6-17-13/h3-4,7,9H,5-6H2,1-2H3. The van der Waals surface area contributed by atoms with Gasteiger partial charge in [0, 0.05) is 17.9 Å². The van der Waals surface area contributed by atoms with Crippen LogP contribution in [-0.2, 0) is 0 Å². The van der Waals surface area contributed by atoms with Crippen molar-refractivity contribution < 1.29 is 4.74 Å². The zero-order valence-corrected chi connectivity index (χ0v) is 10.8. The number of hydrogen-bond acceptors (Lipinski definition) is 4. The van der Waals surface area contributed by atoms with Crippen LogP contribution >= 0.6 is 11.8 Å². The van der Waals surface area contributed by atoms with Crippen LogP contribution in [0.4, 0.5) is 0 Å². The molecule has 88 valence electrons. The Kier molecular flexibility index (Phi) is 3.70. The summed E-state index contributed by atoms with van der Waals surface area (Å²) < 4.78 is 5.58. The first-order valence-corrected chi connectivity index (χ1v) is 6.57. The van der Waals surface area contributed by atoms with E-state index in [4.69, 9.17) is 10.00 Å². The molecule has 1 heterocycles. The van der Waals surface area contributed by atoms with E-state index < -0.39 is 0 Å². The average molecular weight is 246 g/mol. The van der Waals surface area contributed by atoms with E-state index in [9.17, 15) is 0 Å². The Morgan fingerprint density at radius 1 is 1.47 bits per heavy atom. The van der Waals surface area contributed by atoms with Gasteiger partial charge in [-0.25, -0.2) is 0 Å². The molecule has 0 N–H and O–H groups in total. The minimum atomic E-state index is 0.0751. The number of thioether (sulfide) groups is 1. The predicted octanol–water partition coefficient (Wildman–Crippen LogP) is 2.84. The maximum Gasteiger partial charge on any atom is 0.137 e. The van der Waals surface area contributed by atoms with Crippen molar-refractivity contribution >= 4 is 16.8 Å². The van der Waals surface area contributed by atoms with Gasteiger partial charge in [-0.1, -0.05) is 0 Å². The molecule has 0 saturated carbocycles. The molecule has 17 heavy (non-hydrogen) atoms. The number of benzene rings is 1. The van der Waals surface area contributed by atoms with Gasteiger partial charge in [-0.2, -0.15) is 5.26 Å². The minimum absolute atomic E-state index is 0.0751. The van der Waals surface area contributed by atoms with Crippen LogP contribution in [0.5, 0.6) is 5.75 Å². The normalized spacial score (nSPS) is 14.6. The molecule has 1 aromatic rings. The predicted molar refractivity (Wildman–Crippen MR) is 70.8 cm³/mol. The molecule has 0 bridgehead atoms. The van der Waals surface area contributed by atoms with Gasteiger partial charge < -0.3 is 4.74 Å². The van der Waals surface area contributed by atoms with Crippen LogP contribution in [0.3, 0.4) is 0 Å². The van der Waals surface area contributed by atoms with E-state index in [-0.39, 0.29) is 6.10 Å². The topological polar surface area (TPSA) is 45.4 Å². The van der Waals surface area contributed by atoms with Gasteiger partial charge in [0.15, 0.2) is 0 Å². The second kappa shape index (κ2) is 5.24. The van der Waals surface area contributed by atoms with E-state index in [2.05, 4.69) is 11.1 Å². The fourth-order valence-electron chi connectivity index (χ4n) is 1.62. The highest BCUT2D eigenvalue weighted by Crippen LogP contribution is 2.25. The largest absolute Gasteiger partial charge is 0.490 e. The molecule has 0 radical (unpaired) electrons. The summed E-state index contributed by atoms with van der Waals surface area (Å²) in [6, 6.07) is 7.86. The number of ether oxygens (including phenoxy) is 1. The fourth-order valence-corrected chi connectivity index (χ4v) is 2.47. The van der Waals surface area contributed by atoms with Crippen LogP contribution in [0.25, 0.3) is 0 Å². The third-order valence-corrected chi connectivity index (χ3v) is 3.32. The Morgan fingerprint density at radius 3 is 2.88 bits per heavy atom. The lowest BCUT2D eigenvalue weighted by molar-refractivity contribution is 0.241. The molecule has 1 aromatic carbocycles. The molecule has 0 amide bonds. The first kappa shape index (κ1) is 12.0. The summed E-state index contributed by atoms with van der Waals surface area (Å²) in [5.74, 6) is 1.68. The molecular formula is C13H14N2OS. The van der Waals surface area contributed by atoms with E-state index in [1.165, 1.54) is 0 Å². The van der Waals surface area contributed by atoms with Gasteiger partial charge in [-0.3, -0.25) is 4.99 Å². The lowest BCUT2D eigenvalue weighted by Gasteiger charge is -2.12. The van der Waals surface area contributed by atoms with Crippen LogP contribution < -0.4 is 4.74 Å². The van der Waals surface area contributed by atoms with Gasteiger partial charge >= 0.3 is 0 Å². The molecule has 4 heteroatoms. The molecular weight excluding hydrogens is 232 g/mol. The van der Waals surface area contributed by atoms with Crippen LogP contribution in [0.15, 0.2) is 23.2 Å². The summed E-state index contributed by atoms with van der Waals surface area (Å²) in [5, 5.41) is 10.1. The average Bonchev–Trinajstić information content (AvgIpc) is 2.82. The van der Waals surface area contributed by atoms with Crippen LogP contribution in [0.2, 0.25) is 0 Å². The monoisotopic (exact) mass is 246 g/mol. The van der Waals surface area contributed by atoms with E-state index in [1.54, 1.807) is 11.8 Å². The third-order valence-electron chi connectivity index (χ3n) is 2.30. The Hall–Kier alpha value is -1.47. The van der Waals surface area contributed by atoms with Crippen molar-refractivity contribution in [2.45, 2.75) is 20.0 Å². The van der Waals surface area contributed by atoms with Crippen molar-refractivity contribution in [1.29, 1.82) is 5.26 Å². The molecule has 2 rings (SSSR count). The molecule has 0 aliphatic carbocycles. The molecule has 1 aliphatic heterocycles. The quantitative estimate of drug-likeness (QED) is 0.823. The van der Waals surface area contributed by atoms with Crippen LogP contribution in [-0.4, -0.2) is 23.4 Å². The van der Waals surface area contributed by atoms with Crippen LogP contribution in [0.1, 0.15) is 25.0 Å². The lowest BCUT2D eigenvalue weighted by Crippen LogP contribution is -2.07. The maximum absolute atomic E-state index is 9.12. The summed E-state index contributed by atoms with van der Waals surface area (Å²) in [5.41, 5.74) is 1.59. The number of aliphatic imine (C=N–C) groups is 1. The molecule has 3 nitrogen and oxygen atoms in total. The minimum Gasteiger partial charge on any atom is -0.490 e. The smallest absolute Gasteiger partial charge is 0.137 e. The van der Waals surface area contributed by atoms with E-state index in [0.717, 1.165) is 22.9 Å². The van der Waals surface area contributed by atoms with Gasteiger partial charge in [0.25, 0.3) is 0 Å². The SMILES string of the molecule is CC(C)Oc1ccc(C2=NCCS2)cc1C#N. The van der Waals surface area contributed by atoms with Gasteiger partial charge in [-0.05, 0) is 32.0 Å². The van der Waals surface area contributed by atoms with Gasteiger partial charge in [-0.15, -0.1) is 11.8 Å². The van der Waals surface area contributed by atoms with Crippen molar-refractivity contribution in [1.82, 2.24) is 0 Å². The van der Waals surface area contributed by atoms with E-state index >= 15 is 0 Å². The zero-order chi connectivity index (χ0) is 12.3. The molecule has 0 saturated heterocycles. The third kappa shape index (κ3) is 2.80. The Bertz CT molecular complexity index is 489. The summed E-state index contributed by atoms with van der Waals surface area (Å²) >= 11 is 1.73. The molecule has 0 unspecified atom stereocenters. The van der Waals surface area contributed by atoms with Gasteiger partial charge in [0.2, 0.25) is 0 Å². The first-order valence-electron chi connectivity index (χ1n) is 5.59. The number of nitriles is 1. The van der Waals surface area contributed by atoms with Crippen molar-refractivity contribution in [3.8, 4) is 11.8 Å². The van der Waals surface area contributed by atoms with E-state index in [1.807, 2.05) is 32.0 Å². The van der Waals surface area contributed by atoms with E-state index in [0.29, 0.717) is 11.3 Å². The second-order valence-electron chi connectivity index (χ2n) is 4.02. The molecule has 0 aromatic heterocycles. The number of rotatable bonds is 3. The molecule has 0 spiro atoms. The zero-order valence-electron chi connectivity index (χ0n) is 9.93. The summed E-state index contributed by atoms with van der Waals surface area (Å²) in [6.45, 7) is 4.77. The Labute approximate surface area is 106 Å². The Balaban J connectivity index is 2.31. The number of nitrogens with zero attached hydrogens (tertiary/aromatic N) is 2. The summed E-state index contributed by atoms with van der Waals surface area (Å²) in [4.78, 5) is 4.40. The van der Waals surface area contributed by atoms with Crippen molar-refractivity contribution in [3.05, 3.63) is 29.3 Å². The van der Waals surface area contributed by atoms with Crippen LogP contribution in [0, 0.1) is 11.3 Å². The highest BCUT2D eigenvalue weighted by Gasteiger charge is 2.13. The lowest BCUT2D eigenvalue weighted by atomic mass is 10.1. The summed E-state index contributed by atoms with van der Waals surface area (Å²) in [6.07, 6.45) is 0.0751. The van der Waals surface area contributed by atoms with Crippen molar-refractivity contribution in [2.75, 3.05) is 12.3 Å². The number of hydrogen-bond donors (Lipinski definition) is 0. The highest BCUT2D eigenvalue weighted by molar-refractivity contribution is 8.14. The van der Waals surface area contributed by atoms with Gasteiger partial charge in [0.05, 0.1) is 16.7 Å². The molecule has 1 aliphatic rings. The molecule has 0 atom stereocenters. The maximum atomic E-state index is 9.12. The summed E-state index contributed by atoms with van der Waals surface area (Å²) in [7, 11) is 0. The highest BCUT2D eigenvalue weighted by atomic mass is 32.2. The van der Waals surface area contributed by atoms with Crippen molar-refractivity contribution in [2.24, 2.45) is 4.99 Å². The Morgan fingerprint density at radius 2 is 2.29 bits per heavy atom. The second-order valence-corrected chi connectivity index (χ2v) is 5.11. The van der Waals surface area contributed by atoms with Crippen molar-refractivity contribution in [3.63, 3.8) is 0 Å². The molecule has 0 fully saturated rings. The first-order chi connectivity index (χ1) is 8.20. The fraction of sp³-hybridized carbons (Fsp3) is 0.385.